The van der Waals surface area contributed by atoms with Crippen molar-refractivity contribution in [2.45, 2.75) is 59.9 Å². The lowest BCUT2D eigenvalue weighted by Gasteiger charge is -2.19. The summed E-state index contributed by atoms with van der Waals surface area (Å²) in [6.07, 6.45) is -0.460. The first-order chi connectivity index (χ1) is 27.3. The lowest BCUT2D eigenvalue weighted by molar-refractivity contribution is 0.0523. The molecule has 18 heteroatoms. The Kier molecular flexibility index (Phi) is 10.5. The SMILES string of the molecule is COc1ccccc1Cn1nnc2c(-c3ccc(C)o3)nc(N)nc21.Cc1ccc(-c2nc(N)nc3c2nnn3Cc2cccc(CNC(=O)OC(C)(C)C)c2)o1. The highest BCUT2D eigenvalue weighted by Gasteiger charge is 2.20. The summed E-state index contributed by atoms with van der Waals surface area (Å²) in [7, 11) is 1.63. The Hall–Kier alpha value is -7.37. The second-order valence-electron chi connectivity index (χ2n) is 14.0. The van der Waals surface area contributed by atoms with Crippen LogP contribution in [0.2, 0.25) is 0 Å². The maximum Gasteiger partial charge on any atom is 0.407 e. The number of ether oxygens (including phenoxy) is 2. The normalized spacial score (nSPS) is 11.4. The number of furan rings is 2. The molecule has 0 atom stereocenters. The van der Waals surface area contributed by atoms with Gasteiger partial charge >= 0.3 is 6.09 Å². The van der Waals surface area contributed by atoms with E-state index in [9.17, 15) is 4.79 Å². The monoisotopic (exact) mass is 771 g/mol. The van der Waals surface area contributed by atoms with Gasteiger partial charge in [-0.3, -0.25) is 0 Å². The molecule has 0 bridgehead atoms. The number of alkyl carbamates (subject to hydrolysis) is 1. The summed E-state index contributed by atoms with van der Waals surface area (Å²) in [6, 6.07) is 22.9. The summed E-state index contributed by atoms with van der Waals surface area (Å²) in [4.78, 5) is 29.1. The topological polar surface area (TPSA) is 239 Å². The quantitative estimate of drug-likeness (QED) is 0.155. The smallest absolute Gasteiger partial charge is 0.407 e. The average molecular weight is 772 g/mol. The number of nitrogens with one attached hydrogen (secondary N) is 1. The molecule has 0 unspecified atom stereocenters. The molecule has 57 heavy (non-hydrogen) atoms. The van der Waals surface area contributed by atoms with Gasteiger partial charge in [-0.05, 0) is 76.1 Å². The number of para-hydroxylation sites is 1. The first kappa shape index (κ1) is 37.9. The number of methoxy groups -OCH3 is 1. The van der Waals surface area contributed by atoms with E-state index in [4.69, 9.17) is 29.8 Å². The van der Waals surface area contributed by atoms with Crippen LogP contribution in [0.3, 0.4) is 0 Å². The van der Waals surface area contributed by atoms with E-state index in [0.717, 1.165) is 34.0 Å². The summed E-state index contributed by atoms with van der Waals surface area (Å²) >= 11 is 0. The summed E-state index contributed by atoms with van der Waals surface area (Å²) in [5.41, 5.74) is 17.3. The zero-order chi connectivity index (χ0) is 40.3. The standard InChI is InChI=1S/C22H25N7O3.C17H16N6O2/c1-13-8-9-16(31-13)17-18-19(26-20(23)25-17)29(28-27-18)12-15-7-5-6-14(10-15)11-24-21(30)32-22(2,3)4;1-10-7-8-13(25-10)14-15-16(20-17(18)19-14)23(22-21-15)9-11-5-3-4-6-12(11)24-2/h5-10H,11-12H2,1-4H3,(H,24,30)(H2,23,25,26);3-8H,9H2,1-2H3,(H2,18,19,20). The molecular weight excluding hydrogens is 731 g/mol. The van der Waals surface area contributed by atoms with Gasteiger partial charge in [-0.25, -0.2) is 24.1 Å². The van der Waals surface area contributed by atoms with Crippen LogP contribution in [-0.4, -0.2) is 68.7 Å². The van der Waals surface area contributed by atoms with Crippen molar-refractivity contribution in [2.24, 2.45) is 0 Å². The van der Waals surface area contributed by atoms with Gasteiger partial charge in [-0.2, -0.15) is 9.97 Å². The molecule has 6 aromatic heterocycles. The summed E-state index contributed by atoms with van der Waals surface area (Å²) in [5.74, 6) is 3.71. The Labute approximate surface area is 326 Å². The van der Waals surface area contributed by atoms with Crippen molar-refractivity contribution in [1.29, 1.82) is 0 Å². The summed E-state index contributed by atoms with van der Waals surface area (Å²) in [6.45, 7) is 10.4. The van der Waals surface area contributed by atoms with E-state index in [1.54, 1.807) is 16.5 Å². The van der Waals surface area contributed by atoms with Crippen molar-refractivity contribution in [3.63, 3.8) is 0 Å². The van der Waals surface area contributed by atoms with Crippen molar-refractivity contribution < 1.29 is 23.1 Å². The number of hydrogen-bond acceptors (Lipinski definition) is 15. The van der Waals surface area contributed by atoms with Crippen molar-refractivity contribution >= 4 is 40.3 Å². The Balaban J connectivity index is 0.000000179. The number of benzene rings is 2. The average Bonchev–Trinajstić information content (AvgIpc) is 3.98. The Bertz CT molecular complexity index is 2690. The highest BCUT2D eigenvalue weighted by molar-refractivity contribution is 5.87. The molecule has 8 aromatic rings. The third-order valence-corrected chi connectivity index (χ3v) is 8.38. The third kappa shape index (κ3) is 8.80. The molecule has 0 saturated carbocycles. The molecule has 0 radical (unpaired) electrons. The van der Waals surface area contributed by atoms with Crippen LogP contribution in [-0.2, 0) is 24.4 Å². The number of carbonyl (C=O) groups is 1. The third-order valence-electron chi connectivity index (χ3n) is 8.38. The van der Waals surface area contributed by atoms with E-state index in [0.29, 0.717) is 64.9 Å². The van der Waals surface area contributed by atoms with Gasteiger partial charge in [0.25, 0.3) is 0 Å². The molecule has 8 rings (SSSR count). The van der Waals surface area contributed by atoms with Crippen LogP contribution in [0.5, 0.6) is 5.75 Å². The van der Waals surface area contributed by atoms with Crippen LogP contribution in [0.4, 0.5) is 16.7 Å². The number of aryl methyl sites for hydroxylation is 2. The molecule has 18 nitrogen and oxygen atoms in total. The van der Waals surface area contributed by atoms with Gasteiger partial charge in [0.2, 0.25) is 11.9 Å². The first-order valence-electron chi connectivity index (χ1n) is 17.9. The lowest BCUT2D eigenvalue weighted by atomic mass is 10.1. The van der Waals surface area contributed by atoms with Crippen LogP contribution >= 0.6 is 0 Å². The minimum atomic E-state index is -0.545. The first-order valence-corrected chi connectivity index (χ1v) is 17.9. The Morgan fingerprint density at radius 2 is 1.30 bits per heavy atom. The number of hydrogen-bond donors (Lipinski definition) is 3. The number of nitrogens with two attached hydrogens (primary N) is 2. The molecule has 0 aliphatic carbocycles. The molecule has 0 fully saturated rings. The van der Waals surface area contributed by atoms with E-state index < -0.39 is 11.7 Å². The molecule has 0 aliphatic heterocycles. The number of amides is 1. The Morgan fingerprint density at radius 3 is 1.84 bits per heavy atom. The van der Waals surface area contributed by atoms with E-state index in [1.807, 2.05) is 107 Å². The molecule has 5 N–H and O–H groups in total. The largest absolute Gasteiger partial charge is 0.496 e. The minimum Gasteiger partial charge on any atom is -0.496 e. The van der Waals surface area contributed by atoms with Crippen molar-refractivity contribution in [3.8, 4) is 28.7 Å². The number of rotatable bonds is 9. The molecule has 2 aromatic carbocycles. The molecule has 0 spiro atoms. The van der Waals surface area contributed by atoms with Gasteiger partial charge in [0.05, 0.1) is 20.2 Å². The van der Waals surface area contributed by atoms with Gasteiger partial charge in [0.15, 0.2) is 33.8 Å². The maximum absolute atomic E-state index is 11.9. The van der Waals surface area contributed by atoms with E-state index in [-0.39, 0.29) is 11.9 Å². The van der Waals surface area contributed by atoms with Gasteiger partial charge in [0.1, 0.15) is 34.3 Å². The number of carbonyl (C=O) groups excluding carboxylic acids is 1. The van der Waals surface area contributed by atoms with Gasteiger partial charge in [0, 0.05) is 12.1 Å². The number of anilines is 2. The van der Waals surface area contributed by atoms with Gasteiger partial charge in [-0.15, -0.1) is 10.2 Å². The molecular formula is C39H41N13O5. The fourth-order valence-corrected chi connectivity index (χ4v) is 5.92. The van der Waals surface area contributed by atoms with Crippen molar-refractivity contribution in [3.05, 3.63) is 101 Å². The fraction of sp³-hybridized carbons (Fsp3) is 0.256. The van der Waals surface area contributed by atoms with E-state index >= 15 is 0 Å². The van der Waals surface area contributed by atoms with Crippen LogP contribution in [0.25, 0.3) is 45.2 Å². The number of nitrogen functional groups attached to an aromatic ring is 2. The number of fused-ring (bicyclic) bond motifs is 2. The summed E-state index contributed by atoms with van der Waals surface area (Å²) in [5, 5.41) is 19.7. The summed E-state index contributed by atoms with van der Waals surface area (Å²) < 4.78 is 25.3. The highest BCUT2D eigenvalue weighted by atomic mass is 16.6. The van der Waals surface area contributed by atoms with Crippen LogP contribution < -0.4 is 21.5 Å². The molecule has 0 aliphatic rings. The maximum atomic E-state index is 11.9. The van der Waals surface area contributed by atoms with Crippen LogP contribution in [0, 0.1) is 13.8 Å². The lowest BCUT2D eigenvalue weighted by Crippen LogP contribution is -2.32. The van der Waals surface area contributed by atoms with Crippen molar-refractivity contribution in [2.75, 3.05) is 18.6 Å². The van der Waals surface area contributed by atoms with Crippen molar-refractivity contribution in [1.82, 2.24) is 55.2 Å². The zero-order valence-corrected chi connectivity index (χ0v) is 32.2. The van der Waals surface area contributed by atoms with Gasteiger partial charge < -0.3 is 35.1 Å². The van der Waals surface area contributed by atoms with E-state index in [2.05, 4.69) is 45.9 Å². The fourth-order valence-electron chi connectivity index (χ4n) is 5.92. The number of aromatic nitrogens is 10. The molecule has 6 heterocycles. The second kappa shape index (κ2) is 15.8. The van der Waals surface area contributed by atoms with E-state index in [1.165, 1.54) is 0 Å². The molecule has 292 valence electrons. The predicted molar refractivity (Wildman–Crippen MR) is 211 cm³/mol. The molecule has 1 amide bonds. The predicted octanol–water partition coefficient (Wildman–Crippen LogP) is 5.87. The minimum absolute atomic E-state index is 0.111. The highest BCUT2D eigenvalue weighted by Crippen LogP contribution is 2.29. The zero-order valence-electron chi connectivity index (χ0n) is 32.2. The van der Waals surface area contributed by atoms with Crippen LogP contribution in [0.1, 0.15) is 49.0 Å². The Morgan fingerprint density at radius 1 is 0.737 bits per heavy atom. The second-order valence-corrected chi connectivity index (χ2v) is 14.0. The van der Waals surface area contributed by atoms with Crippen LogP contribution in [0.15, 0.2) is 81.6 Å². The number of nitrogens with zero attached hydrogens (tertiary/aromatic N) is 10. The molecule has 0 saturated heterocycles. The van der Waals surface area contributed by atoms with Gasteiger partial charge in [-0.1, -0.05) is 52.9 Å².